The number of nitrogens with zero attached hydrogens (tertiary/aromatic N) is 1. The van der Waals surface area contributed by atoms with Gasteiger partial charge in [-0.3, -0.25) is 0 Å². The summed E-state index contributed by atoms with van der Waals surface area (Å²) in [6.45, 7) is 10.3. The molecule has 2 nitrogen and oxygen atoms in total. The van der Waals surface area contributed by atoms with E-state index in [1.807, 2.05) is 13.1 Å². The fourth-order valence-electron chi connectivity index (χ4n) is 2.56. The summed E-state index contributed by atoms with van der Waals surface area (Å²) >= 11 is 0. The van der Waals surface area contributed by atoms with Crippen LogP contribution in [-0.2, 0) is 5.41 Å². The Morgan fingerprint density at radius 2 is 2.00 bits per heavy atom. The van der Waals surface area contributed by atoms with Crippen LogP contribution in [-0.4, -0.2) is 17.3 Å². The summed E-state index contributed by atoms with van der Waals surface area (Å²) < 4.78 is 2.26. The molecule has 0 saturated carbocycles. The maximum Gasteiger partial charge on any atom is 0.209 e. The second-order valence-corrected chi connectivity index (χ2v) is 5.34. The molecule has 94 valence electrons. The minimum atomic E-state index is 0.0403. The normalized spacial score (nSPS) is 17.1. The van der Waals surface area contributed by atoms with Crippen LogP contribution in [0.25, 0.3) is 0 Å². The number of benzene rings is 1. The van der Waals surface area contributed by atoms with Gasteiger partial charge >= 0.3 is 0 Å². The molecule has 0 radical (unpaired) electrons. The van der Waals surface area contributed by atoms with E-state index in [2.05, 4.69) is 67.7 Å². The van der Waals surface area contributed by atoms with E-state index in [1.165, 1.54) is 17.0 Å². The first kappa shape index (κ1) is 12.6. The molecule has 1 aliphatic rings. The van der Waals surface area contributed by atoms with Gasteiger partial charge in [0.2, 0.25) is 5.69 Å². The summed E-state index contributed by atoms with van der Waals surface area (Å²) in [5.41, 5.74) is 4.94. The van der Waals surface area contributed by atoms with Crippen LogP contribution >= 0.6 is 0 Å². The fourth-order valence-corrected chi connectivity index (χ4v) is 2.56. The standard InChI is InChI=1S/C16H20N2/c1-12(2)17-11-10-15-16(3,4)13-8-6-7-9-14(13)18(15)5/h6-11H,1H2,2-5H3/p+1. The van der Waals surface area contributed by atoms with E-state index in [-0.39, 0.29) is 5.41 Å². The summed E-state index contributed by atoms with van der Waals surface area (Å²) in [7, 11) is 2.12. The molecule has 0 saturated heterocycles. The van der Waals surface area contributed by atoms with Crippen molar-refractivity contribution in [3.05, 3.63) is 54.4 Å². The topological polar surface area (TPSA) is 15.0 Å². The van der Waals surface area contributed by atoms with Gasteiger partial charge in [-0.2, -0.15) is 4.58 Å². The lowest BCUT2D eigenvalue weighted by Crippen LogP contribution is -2.27. The van der Waals surface area contributed by atoms with Crippen LogP contribution in [0.4, 0.5) is 5.69 Å². The van der Waals surface area contributed by atoms with Gasteiger partial charge in [0.1, 0.15) is 7.05 Å². The molecule has 1 aromatic carbocycles. The Balaban J connectivity index is 2.41. The van der Waals surface area contributed by atoms with Crippen LogP contribution in [0.5, 0.6) is 0 Å². The average Bonchev–Trinajstić information content (AvgIpc) is 2.50. The van der Waals surface area contributed by atoms with Crippen molar-refractivity contribution in [1.29, 1.82) is 0 Å². The Bertz CT molecular complexity index is 548. The molecule has 1 aliphatic heterocycles. The predicted octanol–water partition coefficient (Wildman–Crippen LogP) is 3.33. The zero-order chi connectivity index (χ0) is 13.3. The maximum absolute atomic E-state index is 3.83. The minimum Gasteiger partial charge on any atom is -0.366 e. The Kier molecular flexibility index (Phi) is 3.12. The van der Waals surface area contributed by atoms with Crippen molar-refractivity contribution in [1.82, 2.24) is 5.32 Å². The van der Waals surface area contributed by atoms with E-state index < -0.39 is 0 Å². The molecule has 0 atom stereocenters. The highest BCUT2D eigenvalue weighted by molar-refractivity contribution is 6.02. The molecule has 0 bridgehead atoms. The summed E-state index contributed by atoms with van der Waals surface area (Å²) in [6.07, 6.45) is 4.09. The molecule has 1 heterocycles. The highest BCUT2D eigenvalue weighted by Crippen LogP contribution is 2.38. The Morgan fingerprint density at radius 1 is 1.33 bits per heavy atom. The van der Waals surface area contributed by atoms with Crippen molar-refractivity contribution in [2.45, 2.75) is 26.2 Å². The van der Waals surface area contributed by atoms with Gasteiger partial charge in [0.05, 0.1) is 5.41 Å². The van der Waals surface area contributed by atoms with E-state index in [0.717, 1.165) is 5.70 Å². The molecule has 2 rings (SSSR count). The summed E-state index contributed by atoms with van der Waals surface area (Å²) in [6, 6.07) is 8.57. The monoisotopic (exact) mass is 241 g/mol. The Labute approximate surface area is 109 Å². The number of allylic oxidation sites excluding steroid dienone is 2. The van der Waals surface area contributed by atoms with Gasteiger partial charge in [-0.1, -0.05) is 24.8 Å². The average molecular weight is 241 g/mol. The van der Waals surface area contributed by atoms with Crippen molar-refractivity contribution in [3.63, 3.8) is 0 Å². The second-order valence-electron chi connectivity index (χ2n) is 5.34. The summed E-state index contributed by atoms with van der Waals surface area (Å²) in [5, 5.41) is 3.13. The molecule has 0 fully saturated rings. The first-order valence-electron chi connectivity index (χ1n) is 6.24. The van der Waals surface area contributed by atoms with Crippen molar-refractivity contribution >= 4 is 11.4 Å². The predicted molar refractivity (Wildman–Crippen MR) is 77.4 cm³/mol. The second kappa shape index (κ2) is 4.45. The van der Waals surface area contributed by atoms with Gasteiger partial charge in [-0.05, 0) is 20.8 Å². The van der Waals surface area contributed by atoms with Crippen LogP contribution in [0.3, 0.4) is 0 Å². The summed E-state index contributed by atoms with van der Waals surface area (Å²) in [5.74, 6) is 0. The number of rotatable bonds is 3. The third kappa shape index (κ3) is 1.99. The highest BCUT2D eigenvalue weighted by Gasteiger charge is 2.42. The van der Waals surface area contributed by atoms with Gasteiger partial charge in [0, 0.05) is 29.6 Å². The molecule has 0 unspecified atom stereocenters. The zero-order valence-corrected chi connectivity index (χ0v) is 11.6. The minimum absolute atomic E-state index is 0.0403. The number of hydrogen-bond donors (Lipinski definition) is 1. The van der Waals surface area contributed by atoms with Crippen molar-refractivity contribution in [2.75, 3.05) is 7.05 Å². The lowest BCUT2D eigenvalue weighted by molar-refractivity contribution is -0.401. The van der Waals surface area contributed by atoms with E-state index in [1.54, 1.807) is 0 Å². The molecule has 0 amide bonds. The molecule has 18 heavy (non-hydrogen) atoms. The van der Waals surface area contributed by atoms with Crippen molar-refractivity contribution < 1.29 is 4.58 Å². The van der Waals surface area contributed by atoms with Crippen LogP contribution in [0.1, 0.15) is 26.3 Å². The van der Waals surface area contributed by atoms with E-state index in [4.69, 9.17) is 0 Å². The van der Waals surface area contributed by atoms with Gasteiger partial charge in [0.15, 0.2) is 5.71 Å². The maximum atomic E-state index is 3.83. The fraction of sp³-hybridized carbons (Fsp3) is 0.312. The highest BCUT2D eigenvalue weighted by atomic mass is 15.0. The molecule has 1 aromatic rings. The molecular weight excluding hydrogens is 220 g/mol. The van der Waals surface area contributed by atoms with Gasteiger partial charge < -0.3 is 5.32 Å². The lowest BCUT2D eigenvalue weighted by Gasteiger charge is -2.15. The lowest BCUT2D eigenvalue weighted by atomic mass is 9.81. The quantitative estimate of drug-likeness (QED) is 0.802. The molecule has 0 aromatic heterocycles. The van der Waals surface area contributed by atoms with Crippen LogP contribution in [0.2, 0.25) is 0 Å². The largest absolute Gasteiger partial charge is 0.366 e. The van der Waals surface area contributed by atoms with Gasteiger partial charge in [-0.15, -0.1) is 0 Å². The number of para-hydroxylation sites is 1. The Morgan fingerprint density at radius 3 is 2.61 bits per heavy atom. The molecule has 1 N–H and O–H groups in total. The third-order valence-electron chi connectivity index (χ3n) is 3.51. The van der Waals surface area contributed by atoms with E-state index >= 15 is 0 Å². The molecule has 2 heteroatoms. The summed E-state index contributed by atoms with van der Waals surface area (Å²) in [4.78, 5) is 0. The van der Waals surface area contributed by atoms with Crippen LogP contribution in [0, 0.1) is 0 Å². The first-order chi connectivity index (χ1) is 8.44. The van der Waals surface area contributed by atoms with E-state index in [0.29, 0.717) is 0 Å². The SMILES string of the molecule is C=C(C)N/C=C/C1=[N+](C)c2ccccc2C1(C)C. The smallest absolute Gasteiger partial charge is 0.209 e. The number of fused-ring (bicyclic) bond motifs is 1. The number of hydrogen-bond acceptors (Lipinski definition) is 1. The molecule has 0 aliphatic carbocycles. The van der Waals surface area contributed by atoms with Crippen LogP contribution < -0.4 is 5.32 Å². The van der Waals surface area contributed by atoms with Crippen molar-refractivity contribution in [2.24, 2.45) is 0 Å². The van der Waals surface area contributed by atoms with E-state index in [9.17, 15) is 0 Å². The Hall–Kier alpha value is -1.83. The molecular formula is C16H21N2+. The van der Waals surface area contributed by atoms with Gasteiger partial charge in [-0.25, -0.2) is 0 Å². The van der Waals surface area contributed by atoms with Crippen molar-refractivity contribution in [3.8, 4) is 0 Å². The molecule has 0 spiro atoms. The first-order valence-corrected chi connectivity index (χ1v) is 6.24. The third-order valence-corrected chi connectivity index (χ3v) is 3.51. The van der Waals surface area contributed by atoms with Gasteiger partial charge in [0.25, 0.3) is 0 Å². The zero-order valence-electron chi connectivity index (χ0n) is 11.6. The van der Waals surface area contributed by atoms with Crippen LogP contribution in [0.15, 0.2) is 48.8 Å². The number of nitrogens with one attached hydrogen (secondary N) is 1.